The number of aromatic nitrogens is 2. The van der Waals surface area contributed by atoms with Crippen LogP contribution in [0.4, 0.5) is 0 Å². The molecule has 2 rings (SSSR count). The molecule has 4 nitrogen and oxygen atoms in total. The summed E-state index contributed by atoms with van der Waals surface area (Å²) < 4.78 is 2.02. The fraction of sp³-hybridized carbons (Fsp3) is 0.438. The predicted molar refractivity (Wildman–Crippen MR) is 80.3 cm³/mol. The average molecular weight is 273 g/mol. The summed E-state index contributed by atoms with van der Waals surface area (Å²) in [6, 6.07) is 8.01. The zero-order chi connectivity index (χ0) is 14.5. The minimum atomic E-state index is -0.403. The highest BCUT2D eigenvalue weighted by Crippen LogP contribution is 2.20. The Morgan fingerprint density at radius 2 is 2.10 bits per heavy atom. The number of aryl methyl sites for hydroxylation is 2. The highest BCUT2D eigenvalue weighted by Gasteiger charge is 2.12. The van der Waals surface area contributed by atoms with Gasteiger partial charge in [-0.05, 0) is 31.5 Å². The molecular weight excluding hydrogens is 250 g/mol. The van der Waals surface area contributed by atoms with Crippen LogP contribution in [0.2, 0.25) is 0 Å². The second kappa shape index (κ2) is 6.68. The van der Waals surface area contributed by atoms with Gasteiger partial charge < -0.3 is 9.67 Å². The van der Waals surface area contributed by atoms with Crippen molar-refractivity contribution in [2.45, 2.75) is 26.0 Å². The van der Waals surface area contributed by atoms with Crippen LogP contribution in [-0.2, 0) is 13.6 Å². The van der Waals surface area contributed by atoms with Gasteiger partial charge in [0.15, 0.2) is 0 Å². The summed E-state index contributed by atoms with van der Waals surface area (Å²) in [5.74, 6) is 1.04. The van der Waals surface area contributed by atoms with Gasteiger partial charge >= 0.3 is 0 Å². The highest BCUT2D eigenvalue weighted by molar-refractivity contribution is 5.27. The van der Waals surface area contributed by atoms with Gasteiger partial charge in [-0.2, -0.15) is 0 Å². The number of benzene rings is 1. The van der Waals surface area contributed by atoms with Crippen molar-refractivity contribution in [3.8, 4) is 0 Å². The zero-order valence-electron chi connectivity index (χ0n) is 12.5. The van der Waals surface area contributed by atoms with Crippen LogP contribution >= 0.6 is 0 Å². The fourth-order valence-electron chi connectivity index (χ4n) is 2.33. The molecular formula is C16H23N3O. The van der Waals surface area contributed by atoms with E-state index < -0.39 is 6.10 Å². The van der Waals surface area contributed by atoms with Crippen molar-refractivity contribution in [3.63, 3.8) is 0 Å². The molecule has 0 saturated heterocycles. The average Bonchev–Trinajstić information content (AvgIpc) is 2.82. The van der Waals surface area contributed by atoms with Crippen LogP contribution in [0.3, 0.4) is 0 Å². The Morgan fingerprint density at radius 3 is 2.75 bits per heavy atom. The SMILES string of the molecule is Cc1ccccc1C(O)CCN(C)Cc1nccn1C. The van der Waals surface area contributed by atoms with Gasteiger partial charge in [-0.3, -0.25) is 4.90 Å². The Kier molecular flexibility index (Phi) is 4.93. The standard InChI is InChI=1S/C16H23N3O/c1-13-6-4-5-7-14(13)15(20)8-10-18(2)12-16-17-9-11-19(16)3/h4-7,9,11,15,20H,8,10,12H2,1-3H3. The van der Waals surface area contributed by atoms with Gasteiger partial charge in [-0.15, -0.1) is 0 Å². The van der Waals surface area contributed by atoms with Gasteiger partial charge in [-0.25, -0.2) is 4.98 Å². The molecule has 0 saturated carbocycles. The normalized spacial score (nSPS) is 12.8. The molecule has 0 amide bonds. The molecule has 1 aromatic heterocycles. The van der Waals surface area contributed by atoms with Crippen molar-refractivity contribution in [2.24, 2.45) is 7.05 Å². The summed E-state index contributed by atoms with van der Waals surface area (Å²) in [5.41, 5.74) is 2.17. The number of aliphatic hydroxyl groups is 1. The van der Waals surface area contributed by atoms with E-state index >= 15 is 0 Å². The summed E-state index contributed by atoms with van der Waals surface area (Å²) in [6.45, 7) is 3.67. The van der Waals surface area contributed by atoms with Gasteiger partial charge in [0, 0.05) is 26.0 Å². The molecule has 0 fully saturated rings. The van der Waals surface area contributed by atoms with Gasteiger partial charge in [0.2, 0.25) is 0 Å². The number of hydrogen-bond donors (Lipinski definition) is 1. The van der Waals surface area contributed by atoms with Crippen LogP contribution < -0.4 is 0 Å². The van der Waals surface area contributed by atoms with E-state index in [1.54, 1.807) is 0 Å². The van der Waals surface area contributed by atoms with Crippen LogP contribution in [0.5, 0.6) is 0 Å². The summed E-state index contributed by atoms with van der Waals surface area (Å²) in [7, 11) is 4.05. The smallest absolute Gasteiger partial charge is 0.122 e. The Hall–Kier alpha value is -1.65. The van der Waals surface area contributed by atoms with E-state index in [-0.39, 0.29) is 0 Å². The predicted octanol–water partition coefficient (Wildman–Crippen LogP) is 2.28. The molecule has 1 aromatic carbocycles. The summed E-state index contributed by atoms with van der Waals surface area (Å²) in [4.78, 5) is 6.50. The van der Waals surface area contributed by atoms with Crippen molar-refractivity contribution in [1.82, 2.24) is 14.5 Å². The van der Waals surface area contributed by atoms with Gasteiger partial charge in [0.1, 0.15) is 5.82 Å². The maximum Gasteiger partial charge on any atom is 0.122 e. The number of imidazole rings is 1. The maximum absolute atomic E-state index is 10.3. The van der Waals surface area contributed by atoms with Crippen molar-refractivity contribution >= 4 is 0 Å². The molecule has 1 unspecified atom stereocenters. The van der Waals surface area contributed by atoms with Gasteiger partial charge in [0.25, 0.3) is 0 Å². The third-order valence-electron chi connectivity index (χ3n) is 3.66. The van der Waals surface area contributed by atoms with Gasteiger partial charge in [-0.1, -0.05) is 24.3 Å². The molecule has 1 atom stereocenters. The van der Waals surface area contributed by atoms with E-state index in [9.17, 15) is 5.11 Å². The first-order chi connectivity index (χ1) is 9.58. The first kappa shape index (κ1) is 14.8. The number of aliphatic hydroxyl groups excluding tert-OH is 1. The molecule has 0 bridgehead atoms. The molecule has 0 aliphatic rings. The zero-order valence-corrected chi connectivity index (χ0v) is 12.5. The van der Waals surface area contributed by atoms with Crippen LogP contribution in [0.1, 0.15) is 29.5 Å². The van der Waals surface area contributed by atoms with Crippen molar-refractivity contribution in [1.29, 1.82) is 0 Å². The third-order valence-corrected chi connectivity index (χ3v) is 3.66. The molecule has 4 heteroatoms. The van der Waals surface area contributed by atoms with Crippen LogP contribution in [0.25, 0.3) is 0 Å². The molecule has 0 spiro atoms. The van der Waals surface area contributed by atoms with E-state index in [1.165, 1.54) is 0 Å². The van der Waals surface area contributed by atoms with Gasteiger partial charge in [0.05, 0.1) is 12.6 Å². The van der Waals surface area contributed by atoms with E-state index in [4.69, 9.17) is 0 Å². The quantitative estimate of drug-likeness (QED) is 0.878. The molecule has 0 aliphatic carbocycles. The molecule has 20 heavy (non-hydrogen) atoms. The Morgan fingerprint density at radius 1 is 1.35 bits per heavy atom. The van der Waals surface area contributed by atoms with E-state index in [2.05, 4.69) is 16.9 Å². The number of hydrogen-bond acceptors (Lipinski definition) is 3. The molecule has 0 radical (unpaired) electrons. The van der Waals surface area contributed by atoms with E-state index in [0.29, 0.717) is 0 Å². The molecule has 108 valence electrons. The highest BCUT2D eigenvalue weighted by atomic mass is 16.3. The maximum atomic E-state index is 10.3. The molecule has 0 aliphatic heterocycles. The summed E-state index contributed by atoms with van der Waals surface area (Å²) >= 11 is 0. The number of rotatable bonds is 6. The fourth-order valence-corrected chi connectivity index (χ4v) is 2.33. The lowest BCUT2D eigenvalue weighted by Crippen LogP contribution is -2.22. The van der Waals surface area contributed by atoms with E-state index in [1.807, 2.05) is 55.2 Å². The lowest BCUT2D eigenvalue weighted by molar-refractivity contribution is 0.146. The van der Waals surface area contributed by atoms with Crippen molar-refractivity contribution in [2.75, 3.05) is 13.6 Å². The van der Waals surface area contributed by atoms with Crippen LogP contribution in [0, 0.1) is 6.92 Å². The second-order valence-electron chi connectivity index (χ2n) is 5.35. The van der Waals surface area contributed by atoms with Crippen LogP contribution in [-0.4, -0.2) is 33.1 Å². The second-order valence-corrected chi connectivity index (χ2v) is 5.35. The summed E-state index contributed by atoms with van der Waals surface area (Å²) in [6.07, 6.45) is 4.09. The van der Waals surface area contributed by atoms with E-state index in [0.717, 1.165) is 36.5 Å². The van der Waals surface area contributed by atoms with Crippen molar-refractivity contribution < 1.29 is 5.11 Å². The summed E-state index contributed by atoms with van der Waals surface area (Å²) in [5, 5.41) is 10.3. The van der Waals surface area contributed by atoms with Crippen LogP contribution in [0.15, 0.2) is 36.7 Å². The molecule has 2 aromatic rings. The Balaban J connectivity index is 1.86. The minimum absolute atomic E-state index is 0.403. The third kappa shape index (κ3) is 3.68. The monoisotopic (exact) mass is 273 g/mol. The minimum Gasteiger partial charge on any atom is -0.388 e. The molecule has 1 heterocycles. The largest absolute Gasteiger partial charge is 0.388 e. The van der Waals surface area contributed by atoms with Crippen molar-refractivity contribution in [3.05, 3.63) is 53.6 Å². The molecule has 1 N–H and O–H groups in total. The Bertz CT molecular complexity index is 550. The number of nitrogens with zero attached hydrogens (tertiary/aromatic N) is 3. The Labute approximate surface area is 120 Å². The first-order valence-electron chi connectivity index (χ1n) is 6.96. The first-order valence-corrected chi connectivity index (χ1v) is 6.96. The lowest BCUT2D eigenvalue weighted by atomic mass is 10.0. The lowest BCUT2D eigenvalue weighted by Gasteiger charge is -2.19. The topological polar surface area (TPSA) is 41.3 Å².